The fourth-order valence-electron chi connectivity index (χ4n) is 1.11. The van der Waals surface area contributed by atoms with Crippen LogP contribution in [0.2, 0.25) is 5.02 Å². The SMILES string of the molecule is Clc1cccc(Br)c1-n1cccn1. The van der Waals surface area contributed by atoms with E-state index in [1.807, 2.05) is 30.5 Å². The molecule has 0 atom stereocenters. The molecule has 1 heterocycles. The van der Waals surface area contributed by atoms with Gasteiger partial charge >= 0.3 is 0 Å². The van der Waals surface area contributed by atoms with Crippen molar-refractivity contribution in [1.29, 1.82) is 0 Å². The summed E-state index contributed by atoms with van der Waals surface area (Å²) in [7, 11) is 0. The highest BCUT2D eigenvalue weighted by Gasteiger charge is 2.06. The molecule has 0 aliphatic rings. The first-order valence-corrected chi connectivity index (χ1v) is 4.90. The Balaban J connectivity index is 2.64. The summed E-state index contributed by atoms with van der Waals surface area (Å²) in [5.41, 5.74) is 0.870. The van der Waals surface area contributed by atoms with E-state index < -0.39 is 0 Å². The van der Waals surface area contributed by atoms with Crippen LogP contribution in [0.15, 0.2) is 41.1 Å². The van der Waals surface area contributed by atoms with Gasteiger partial charge in [-0.2, -0.15) is 5.10 Å². The van der Waals surface area contributed by atoms with Gasteiger partial charge in [-0.25, -0.2) is 4.68 Å². The van der Waals surface area contributed by atoms with E-state index in [-0.39, 0.29) is 0 Å². The van der Waals surface area contributed by atoms with Gasteiger partial charge in [0.1, 0.15) is 0 Å². The monoisotopic (exact) mass is 256 g/mol. The minimum absolute atomic E-state index is 0.679. The van der Waals surface area contributed by atoms with Crippen molar-refractivity contribution in [3.05, 3.63) is 46.2 Å². The standard InChI is InChI=1S/C9H6BrClN2/c10-7-3-1-4-8(11)9(7)13-6-2-5-12-13/h1-6H. The van der Waals surface area contributed by atoms with Crippen LogP contribution in [0.25, 0.3) is 5.69 Å². The number of benzene rings is 1. The molecule has 2 rings (SSSR count). The van der Waals surface area contributed by atoms with Gasteiger partial charge in [0.15, 0.2) is 0 Å². The Morgan fingerprint density at radius 3 is 2.77 bits per heavy atom. The molecule has 0 amide bonds. The number of rotatable bonds is 1. The zero-order valence-electron chi connectivity index (χ0n) is 6.61. The van der Waals surface area contributed by atoms with Crippen LogP contribution < -0.4 is 0 Å². The molecule has 0 saturated carbocycles. The first-order valence-electron chi connectivity index (χ1n) is 3.73. The van der Waals surface area contributed by atoms with Gasteiger partial charge in [-0.05, 0) is 34.1 Å². The van der Waals surface area contributed by atoms with E-state index in [0.29, 0.717) is 5.02 Å². The molecular formula is C9H6BrClN2. The summed E-state index contributed by atoms with van der Waals surface area (Å²) >= 11 is 9.45. The number of hydrogen-bond donors (Lipinski definition) is 0. The van der Waals surface area contributed by atoms with Crippen molar-refractivity contribution in [2.45, 2.75) is 0 Å². The largest absolute Gasteiger partial charge is 0.238 e. The van der Waals surface area contributed by atoms with E-state index in [1.54, 1.807) is 10.9 Å². The Morgan fingerprint density at radius 1 is 1.31 bits per heavy atom. The molecule has 0 N–H and O–H groups in total. The van der Waals surface area contributed by atoms with Gasteiger partial charge in [0.05, 0.1) is 10.7 Å². The maximum atomic E-state index is 6.03. The Labute approximate surface area is 89.3 Å². The molecule has 1 aromatic heterocycles. The highest BCUT2D eigenvalue weighted by Crippen LogP contribution is 2.27. The molecule has 2 aromatic rings. The van der Waals surface area contributed by atoms with Crippen molar-refractivity contribution in [2.75, 3.05) is 0 Å². The Hall–Kier alpha value is -0.800. The second-order valence-corrected chi connectivity index (χ2v) is 3.78. The summed E-state index contributed by atoms with van der Waals surface area (Å²) in [6.07, 6.45) is 3.57. The molecule has 2 nitrogen and oxygen atoms in total. The van der Waals surface area contributed by atoms with Crippen LogP contribution in [0.1, 0.15) is 0 Å². The summed E-state index contributed by atoms with van der Waals surface area (Å²) in [6, 6.07) is 7.52. The lowest BCUT2D eigenvalue weighted by atomic mass is 10.3. The average molecular weight is 258 g/mol. The topological polar surface area (TPSA) is 17.8 Å². The van der Waals surface area contributed by atoms with Gasteiger partial charge in [-0.1, -0.05) is 17.7 Å². The van der Waals surface area contributed by atoms with Crippen LogP contribution >= 0.6 is 27.5 Å². The number of nitrogens with zero attached hydrogens (tertiary/aromatic N) is 2. The van der Waals surface area contributed by atoms with E-state index in [2.05, 4.69) is 21.0 Å². The molecule has 0 spiro atoms. The number of hydrogen-bond acceptors (Lipinski definition) is 1. The lowest BCUT2D eigenvalue weighted by Crippen LogP contribution is -1.96. The van der Waals surface area contributed by atoms with Gasteiger partial charge in [-0.15, -0.1) is 0 Å². The van der Waals surface area contributed by atoms with Crippen LogP contribution in [0, 0.1) is 0 Å². The van der Waals surface area contributed by atoms with Crippen LogP contribution in [-0.4, -0.2) is 9.78 Å². The van der Waals surface area contributed by atoms with Gasteiger partial charge in [-0.3, -0.25) is 0 Å². The highest BCUT2D eigenvalue weighted by molar-refractivity contribution is 9.10. The zero-order valence-corrected chi connectivity index (χ0v) is 8.96. The van der Waals surface area contributed by atoms with Crippen LogP contribution in [0.5, 0.6) is 0 Å². The molecule has 0 bridgehead atoms. The van der Waals surface area contributed by atoms with Crippen molar-refractivity contribution in [2.24, 2.45) is 0 Å². The first-order chi connectivity index (χ1) is 6.29. The predicted octanol–water partition coefficient (Wildman–Crippen LogP) is 3.29. The molecule has 0 aliphatic carbocycles. The molecule has 1 aromatic carbocycles. The number of para-hydroxylation sites is 1. The molecule has 13 heavy (non-hydrogen) atoms. The number of aromatic nitrogens is 2. The van der Waals surface area contributed by atoms with Gasteiger partial charge in [0.25, 0.3) is 0 Å². The first kappa shape index (κ1) is 8.78. The third-order valence-corrected chi connectivity index (χ3v) is 2.62. The van der Waals surface area contributed by atoms with Crippen molar-refractivity contribution in [1.82, 2.24) is 9.78 Å². The summed E-state index contributed by atoms with van der Waals surface area (Å²) in [6.45, 7) is 0. The summed E-state index contributed by atoms with van der Waals surface area (Å²) in [5, 5.41) is 4.79. The van der Waals surface area contributed by atoms with E-state index in [9.17, 15) is 0 Å². The van der Waals surface area contributed by atoms with Crippen LogP contribution in [0.3, 0.4) is 0 Å². The maximum absolute atomic E-state index is 6.03. The van der Waals surface area contributed by atoms with Crippen LogP contribution in [0.4, 0.5) is 0 Å². The molecule has 0 aliphatic heterocycles. The lowest BCUT2D eigenvalue weighted by molar-refractivity contribution is 0.876. The van der Waals surface area contributed by atoms with E-state index in [0.717, 1.165) is 10.2 Å². The van der Waals surface area contributed by atoms with Gasteiger partial charge in [0.2, 0.25) is 0 Å². The smallest absolute Gasteiger partial charge is 0.0973 e. The Bertz CT molecular complexity index is 391. The third kappa shape index (κ3) is 1.62. The van der Waals surface area contributed by atoms with Crippen molar-refractivity contribution >= 4 is 27.5 Å². The van der Waals surface area contributed by atoms with Crippen molar-refractivity contribution in [3.63, 3.8) is 0 Å². The zero-order chi connectivity index (χ0) is 9.26. The predicted molar refractivity (Wildman–Crippen MR) is 56.3 cm³/mol. The van der Waals surface area contributed by atoms with E-state index in [1.165, 1.54) is 0 Å². The molecular weight excluding hydrogens is 251 g/mol. The van der Waals surface area contributed by atoms with E-state index in [4.69, 9.17) is 11.6 Å². The summed E-state index contributed by atoms with van der Waals surface area (Å²) in [4.78, 5) is 0. The van der Waals surface area contributed by atoms with Crippen LogP contribution in [-0.2, 0) is 0 Å². The second kappa shape index (κ2) is 3.52. The molecule has 66 valence electrons. The minimum atomic E-state index is 0.679. The second-order valence-electron chi connectivity index (χ2n) is 2.52. The molecule has 0 fully saturated rings. The molecule has 0 saturated heterocycles. The van der Waals surface area contributed by atoms with Gasteiger partial charge < -0.3 is 0 Å². The van der Waals surface area contributed by atoms with Crippen molar-refractivity contribution < 1.29 is 0 Å². The maximum Gasteiger partial charge on any atom is 0.0973 e. The average Bonchev–Trinajstić information content (AvgIpc) is 2.57. The molecule has 0 radical (unpaired) electrons. The molecule has 0 unspecified atom stereocenters. The number of halogens is 2. The third-order valence-electron chi connectivity index (χ3n) is 1.67. The van der Waals surface area contributed by atoms with Gasteiger partial charge in [0, 0.05) is 16.9 Å². The highest BCUT2D eigenvalue weighted by atomic mass is 79.9. The Morgan fingerprint density at radius 2 is 2.15 bits per heavy atom. The minimum Gasteiger partial charge on any atom is -0.238 e. The summed E-state index contributed by atoms with van der Waals surface area (Å²) < 4.78 is 2.66. The summed E-state index contributed by atoms with van der Waals surface area (Å²) in [5.74, 6) is 0. The molecule has 4 heteroatoms. The lowest BCUT2D eigenvalue weighted by Gasteiger charge is -2.05. The quantitative estimate of drug-likeness (QED) is 0.766. The fraction of sp³-hybridized carbons (Fsp3) is 0. The fourth-order valence-corrected chi connectivity index (χ4v) is 2.03. The van der Waals surface area contributed by atoms with E-state index >= 15 is 0 Å². The Kier molecular flexibility index (Phi) is 2.38. The van der Waals surface area contributed by atoms with Crippen molar-refractivity contribution in [3.8, 4) is 5.69 Å². The normalized spacial score (nSPS) is 10.3.